The van der Waals surface area contributed by atoms with Gasteiger partial charge in [0.05, 0.1) is 29.9 Å². The van der Waals surface area contributed by atoms with Gasteiger partial charge in [0.25, 0.3) is 5.91 Å². The molecule has 45 heavy (non-hydrogen) atoms. The number of nitrogens with zero attached hydrogens (tertiary/aromatic N) is 4. The first-order valence-corrected chi connectivity index (χ1v) is 19.1. The molecule has 1 aromatic heterocycles. The van der Waals surface area contributed by atoms with Gasteiger partial charge in [0.1, 0.15) is 0 Å². The van der Waals surface area contributed by atoms with Crippen molar-refractivity contribution >= 4 is 31.5 Å². The van der Waals surface area contributed by atoms with Crippen molar-refractivity contribution in [1.29, 1.82) is 0 Å². The van der Waals surface area contributed by atoms with Gasteiger partial charge in [0.2, 0.25) is 5.91 Å². The van der Waals surface area contributed by atoms with Crippen molar-refractivity contribution < 1.29 is 24.2 Å². The van der Waals surface area contributed by atoms with E-state index in [4.69, 9.17) is 4.74 Å². The first-order chi connectivity index (χ1) is 21.6. The number of carbonyl (C=O) groups excluding carboxylic acids is 2. The summed E-state index contributed by atoms with van der Waals surface area (Å²) in [6.45, 7) is 8.36. The SMILES string of the molecule is C[C@@H]1[C@@H]([Si](C)(C)O)[C@H](CCn2cc(CCO)nn2)O[C@@]12C(=O)N(Cc1cccc(NC(=O)C3CCCNC3)c1)c1ccccc12. The van der Waals surface area contributed by atoms with E-state index in [1.54, 1.807) is 9.58 Å². The summed E-state index contributed by atoms with van der Waals surface area (Å²) in [6, 6.07) is 15.5. The second-order valence-corrected chi connectivity index (χ2v) is 17.2. The molecule has 240 valence electrons. The van der Waals surface area contributed by atoms with E-state index in [0.717, 1.165) is 36.2 Å². The average molecular weight is 633 g/mol. The number of benzene rings is 2. The van der Waals surface area contributed by atoms with Crippen LogP contribution < -0.4 is 15.5 Å². The predicted octanol–water partition coefficient (Wildman–Crippen LogP) is 3.19. The molecule has 1 spiro atoms. The third-order valence-corrected chi connectivity index (χ3v) is 12.2. The van der Waals surface area contributed by atoms with E-state index in [9.17, 15) is 19.5 Å². The van der Waals surface area contributed by atoms with Crippen LogP contribution in [0.3, 0.4) is 0 Å². The summed E-state index contributed by atoms with van der Waals surface area (Å²) in [6.07, 6.45) is 4.32. The smallest absolute Gasteiger partial charge is 0.264 e. The third kappa shape index (κ3) is 6.09. The lowest BCUT2D eigenvalue weighted by atomic mass is 9.82. The van der Waals surface area contributed by atoms with Crippen LogP contribution in [0.1, 0.15) is 43.0 Å². The minimum Gasteiger partial charge on any atom is -0.432 e. The zero-order valence-electron chi connectivity index (χ0n) is 26.3. The van der Waals surface area contributed by atoms with Gasteiger partial charge in [-0.25, -0.2) is 0 Å². The zero-order chi connectivity index (χ0) is 31.8. The van der Waals surface area contributed by atoms with Crippen LogP contribution in [0.2, 0.25) is 18.6 Å². The van der Waals surface area contributed by atoms with Gasteiger partial charge in [-0.1, -0.05) is 42.5 Å². The van der Waals surface area contributed by atoms with Gasteiger partial charge in [-0.3, -0.25) is 14.3 Å². The van der Waals surface area contributed by atoms with E-state index in [-0.39, 0.29) is 41.9 Å². The molecule has 11 nitrogen and oxygen atoms in total. The Kier molecular flexibility index (Phi) is 8.95. The highest BCUT2D eigenvalue weighted by atomic mass is 28.4. The highest BCUT2D eigenvalue weighted by molar-refractivity contribution is 6.71. The number of amides is 2. The van der Waals surface area contributed by atoms with Crippen molar-refractivity contribution in [1.82, 2.24) is 20.3 Å². The van der Waals surface area contributed by atoms with Gasteiger partial charge in [0, 0.05) is 55.0 Å². The first-order valence-electron chi connectivity index (χ1n) is 16.0. The second-order valence-electron chi connectivity index (χ2n) is 13.2. The van der Waals surface area contributed by atoms with Gasteiger partial charge < -0.3 is 30.2 Å². The Morgan fingerprint density at radius 3 is 2.80 bits per heavy atom. The number of fused-ring (bicyclic) bond motifs is 2. The van der Waals surface area contributed by atoms with Crippen molar-refractivity contribution in [3.05, 3.63) is 71.5 Å². The first kappa shape index (κ1) is 31.6. The number of aliphatic hydroxyl groups is 1. The third-order valence-electron chi connectivity index (χ3n) is 9.69. The number of ether oxygens (including phenoxy) is 1. The van der Waals surface area contributed by atoms with Gasteiger partial charge in [-0.2, -0.15) is 0 Å². The molecule has 3 aromatic rings. The second kappa shape index (κ2) is 12.8. The number of nitrogens with one attached hydrogen (secondary N) is 2. The van der Waals surface area contributed by atoms with E-state index >= 15 is 0 Å². The predicted molar refractivity (Wildman–Crippen MR) is 173 cm³/mol. The number of anilines is 2. The van der Waals surface area contributed by atoms with Crippen LogP contribution in [0, 0.1) is 11.8 Å². The fourth-order valence-corrected chi connectivity index (χ4v) is 10.2. The number of aryl methyl sites for hydroxylation is 1. The lowest BCUT2D eigenvalue weighted by Gasteiger charge is -2.32. The molecule has 2 fully saturated rings. The van der Waals surface area contributed by atoms with E-state index in [2.05, 4.69) is 20.9 Å². The maximum atomic E-state index is 14.6. The van der Waals surface area contributed by atoms with Crippen LogP contribution in [0.15, 0.2) is 54.7 Å². The molecule has 6 rings (SSSR count). The summed E-state index contributed by atoms with van der Waals surface area (Å²) >= 11 is 0. The molecule has 4 heterocycles. The molecule has 3 aliphatic rings. The molecule has 5 atom stereocenters. The Bertz CT molecular complexity index is 1540. The Balaban J connectivity index is 1.25. The number of rotatable bonds is 10. The lowest BCUT2D eigenvalue weighted by Crippen LogP contribution is -2.46. The maximum Gasteiger partial charge on any atom is 0.264 e. The highest BCUT2D eigenvalue weighted by Gasteiger charge is 2.66. The van der Waals surface area contributed by atoms with E-state index in [0.29, 0.717) is 43.9 Å². The number of aromatic nitrogens is 3. The Labute approximate surface area is 265 Å². The average Bonchev–Trinajstić information content (AvgIpc) is 3.67. The fraction of sp³-hybridized carbons (Fsp3) is 0.515. The Morgan fingerprint density at radius 2 is 2.04 bits per heavy atom. The van der Waals surface area contributed by atoms with Crippen LogP contribution in [0.25, 0.3) is 0 Å². The fourth-order valence-electron chi connectivity index (χ4n) is 7.64. The van der Waals surface area contributed by atoms with Crippen LogP contribution in [-0.4, -0.2) is 70.8 Å². The Hall–Kier alpha value is -3.42. The molecule has 0 aliphatic carbocycles. The molecule has 1 unspecified atom stereocenters. The van der Waals surface area contributed by atoms with Crippen molar-refractivity contribution in [3.63, 3.8) is 0 Å². The number of carbonyl (C=O) groups is 2. The maximum absolute atomic E-state index is 14.6. The van der Waals surface area contributed by atoms with Gasteiger partial charge in [-0.15, -0.1) is 5.10 Å². The van der Waals surface area contributed by atoms with Crippen LogP contribution >= 0.6 is 0 Å². The van der Waals surface area contributed by atoms with Crippen LogP contribution in [-0.2, 0) is 39.4 Å². The summed E-state index contributed by atoms with van der Waals surface area (Å²) < 4.78 is 8.64. The van der Waals surface area contributed by atoms with Crippen molar-refractivity contribution in [2.75, 3.05) is 29.9 Å². The molecule has 0 bridgehead atoms. The summed E-state index contributed by atoms with van der Waals surface area (Å²) in [4.78, 5) is 40.9. The molecule has 0 saturated carbocycles. The number of piperidine rings is 1. The van der Waals surface area contributed by atoms with Crippen molar-refractivity contribution in [2.24, 2.45) is 11.8 Å². The van der Waals surface area contributed by atoms with Crippen molar-refractivity contribution in [2.45, 2.75) is 76.0 Å². The Morgan fingerprint density at radius 1 is 1.22 bits per heavy atom. The number of aliphatic hydroxyl groups excluding tert-OH is 1. The summed E-state index contributed by atoms with van der Waals surface area (Å²) in [5.41, 5.74) is 2.55. The molecular formula is C33H44N6O5Si. The number of hydrogen-bond acceptors (Lipinski definition) is 8. The molecule has 3 aliphatic heterocycles. The summed E-state index contributed by atoms with van der Waals surface area (Å²) in [7, 11) is -2.79. The topological polar surface area (TPSA) is 142 Å². The lowest BCUT2D eigenvalue weighted by molar-refractivity contribution is -0.146. The molecule has 2 amide bonds. The van der Waals surface area contributed by atoms with Crippen molar-refractivity contribution in [3.8, 4) is 0 Å². The largest absolute Gasteiger partial charge is 0.432 e. The molecule has 2 aromatic carbocycles. The zero-order valence-corrected chi connectivity index (χ0v) is 27.3. The van der Waals surface area contributed by atoms with Crippen LogP contribution in [0.5, 0.6) is 0 Å². The minimum atomic E-state index is -2.79. The molecular weight excluding hydrogens is 588 g/mol. The minimum absolute atomic E-state index is 0.00592. The van der Waals surface area contributed by atoms with Gasteiger partial charge in [0.15, 0.2) is 13.9 Å². The standard InChI is InChI=1S/C33H44N6O5Si/c1-22-30(45(2,3)43)29(13-16-38-21-26(14-17-40)36-37-38)44-33(22)27-11-4-5-12-28(27)39(32(33)42)20-23-8-6-10-25(18-23)35-31(41)24-9-7-15-34-19-24/h4-6,8,10-12,18,21-22,24,29-30,34,40,43H,7,9,13-17,19-20H2,1-3H3,(H,35,41)/t22-,24?,29+,30-,33+/m1/s1. The van der Waals surface area contributed by atoms with E-state index in [1.807, 2.05) is 74.7 Å². The summed E-state index contributed by atoms with van der Waals surface area (Å²) in [5.74, 6) is -0.431. The molecule has 2 saturated heterocycles. The number of para-hydroxylation sites is 1. The molecule has 12 heteroatoms. The van der Waals surface area contributed by atoms with Gasteiger partial charge in [-0.05, 0) is 62.7 Å². The molecule has 4 N–H and O–H groups in total. The number of hydrogen-bond donors (Lipinski definition) is 4. The normalized spacial score (nSPS) is 26.4. The molecule has 0 radical (unpaired) electrons. The van der Waals surface area contributed by atoms with Gasteiger partial charge >= 0.3 is 0 Å². The monoisotopic (exact) mass is 632 g/mol. The van der Waals surface area contributed by atoms with E-state index < -0.39 is 13.9 Å². The quantitative estimate of drug-likeness (QED) is 0.250. The van der Waals surface area contributed by atoms with Crippen LogP contribution in [0.4, 0.5) is 11.4 Å². The highest BCUT2D eigenvalue weighted by Crippen LogP contribution is 2.59. The summed E-state index contributed by atoms with van der Waals surface area (Å²) in [5, 5.41) is 23.9. The van der Waals surface area contributed by atoms with E-state index in [1.165, 1.54) is 0 Å².